The Morgan fingerprint density at radius 1 is 1.26 bits per heavy atom. The number of amides is 1. The maximum absolute atomic E-state index is 11.6. The standard InChI is InChI=1S/C22H31N3O6/c1-12-4-6-16-13(2)19(27-11-14-5-7-17(24-10-14)18(26)25-23)28-20-22(16)15(12)8-9-21(3,29-20)30-31-22/h5,7,10,12-13,15-16,19-20H,4,6,8-9,11,23H2,1-3H3,(H,25,26)/t12-,13-,15+,16?,19+,20-,21+,22?/m1/s1. The lowest BCUT2D eigenvalue weighted by Crippen LogP contribution is -2.70. The second kappa shape index (κ2) is 7.75. The first kappa shape index (κ1) is 21.2. The molecule has 3 N–H and O–H groups in total. The lowest BCUT2D eigenvalue weighted by Gasteiger charge is -2.60. The Morgan fingerprint density at radius 3 is 2.84 bits per heavy atom. The SMILES string of the molecule is C[C@@H]1CCC2[C@@H](C)[C@@H](OCc3ccc(C(=O)NN)nc3)O[C@@H]3O[C@]4(C)CC[C@@H]1C23OO4. The number of carbonyl (C=O) groups excluding carboxylic acids is 1. The van der Waals surface area contributed by atoms with Crippen molar-refractivity contribution in [2.45, 2.75) is 77.0 Å². The molecule has 1 amide bonds. The number of hydrazine groups is 1. The number of aromatic nitrogens is 1. The Labute approximate surface area is 181 Å². The van der Waals surface area contributed by atoms with Gasteiger partial charge in [-0.3, -0.25) is 15.2 Å². The largest absolute Gasteiger partial charge is 0.348 e. The maximum atomic E-state index is 11.6. The molecule has 2 bridgehead atoms. The summed E-state index contributed by atoms with van der Waals surface area (Å²) in [5.74, 6) is 5.09. The quantitative estimate of drug-likeness (QED) is 0.322. The van der Waals surface area contributed by atoms with Crippen molar-refractivity contribution in [3.8, 4) is 0 Å². The van der Waals surface area contributed by atoms with E-state index in [0.717, 1.165) is 31.2 Å². The van der Waals surface area contributed by atoms with Crippen LogP contribution >= 0.6 is 0 Å². The average molecular weight is 434 g/mol. The highest BCUT2D eigenvalue weighted by Crippen LogP contribution is 2.60. The van der Waals surface area contributed by atoms with Crippen LogP contribution in [-0.4, -0.2) is 34.9 Å². The molecule has 9 nitrogen and oxygen atoms in total. The van der Waals surface area contributed by atoms with Crippen molar-refractivity contribution in [3.63, 3.8) is 0 Å². The van der Waals surface area contributed by atoms with Gasteiger partial charge in [0.1, 0.15) is 5.69 Å². The molecule has 0 radical (unpaired) electrons. The minimum absolute atomic E-state index is 0.108. The lowest BCUT2D eigenvalue weighted by atomic mass is 9.58. The van der Waals surface area contributed by atoms with Crippen LogP contribution in [0, 0.1) is 23.7 Å². The Kier molecular flexibility index (Phi) is 5.31. The molecule has 1 aromatic rings. The van der Waals surface area contributed by atoms with E-state index in [0.29, 0.717) is 18.4 Å². The smallest absolute Gasteiger partial charge is 0.283 e. The second-order valence-electron chi connectivity index (χ2n) is 9.61. The summed E-state index contributed by atoms with van der Waals surface area (Å²) in [5.41, 5.74) is 2.58. The van der Waals surface area contributed by atoms with Gasteiger partial charge in [0.2, 0.25) is 5.79 Å². The van der Waals surface area contributed by atoms with Crippen LogP contribution in [0.4, 0.5) is 0 Å². The van der Waals surface area contributed by atoms with Crippen LogP contribution in [0.5, 0.6) is 0 Å². The van der Waals surface area contributed by atoms with Gasteiger partial charge in [0.15, 0.2) is 18.2 Å². The fraction of sp³-hybridized carbons (Fsp3) is 0.727. The van der Waals surface area contributed by atoms with Crippen molar-refractivity contribution >= 4 is 5.91 Å². The number of nitrogens with zero attached hydrogens (tertiary/aromatic N) is 1. The predicted molar refractivity (Wildman–Crippen MR) is 108 cm³/mol. The van der Waals surface area contributed by atoms with Crippen molar-refractivity contribution in [1.82, 2.24) is 10.4 Å². The molecule has 8 atom stereocenters. The molecule has 4 saturated heterocycles. The van der Waals surface area contributed by atoms with Crippen LogP contribution in [-0.2, 0) is 30.6 Å². The van der Waals surface area contributed by atoms with Crippen molar-refractivity contribution in [2.24, 2.45) is 29.5 Å². The van der Waals surface area contributed by atoms with E-state index in [1.807, 2.05) is 6.92 Å². The lowest BCUT2D eigenvalue weighted by molar-refractivity contribution is -0.577. The van der Waals surface area contributed by atoms with Gasteiger partial charge in [-0.15, -0.1) is 0 Å². The molecule has 1 spiro atoms. The number of hydrogen-bond donors (Lipinski definition) is 2. The zero-order valence-electron chi connectivity index (χ0n) is 18.2. The number of nitrogen functional groups attached to an aromatic ring is 1. The number of nitrogens with one attached hydrogen (secondary N) is 1. The zero-order chi connectivity index (χ0) is 21.8. The molecule has 6 rings (SSSR count). The van der Waals surface area contributed by atoms with Gasteiger partial charge in [-0.1, -0.05) is 19.9 Å². The molecule has 4 aliphatic heterocycles. The Hall–Kier alpha value is -1.62. The first-order valence-corrected chi connectivity index (χ1v) is 11.1. The van der Waals surface area contributed by atoms with Gasteiger partial charge in [0.25, 0.3) is 5.91 Å². The van der Waals surface area contributed by atoms with Crippen molar-refractivity contribution in [3.05, 3.63) is 29.6 Å². The molecule has 5 aliphatic rings. The number of carbonyl (C=O) groups is 1. The van der Waals surface area contributed by atoms with E-state index in [1.165, 1.54) is 0 Å². The van der Waals surface area contributed by atoms with E-state index < -0.39 is 29.9 Å². The summed E-state index contributed by atoms with van der Waals surface area (Å²) in [6.45, 7) is 6.68. The molecular weight excluding hydrogens is 402 g/mol. The van der Waals surface area contributed by atoms with Crippen molar-refractivity contribution in [1.29, 1.82) is 0 Å². The Balaban J connectivity index is 1.34. The number of pyridine rings is 1. The molecule has 1 aliphatic carbocycles. The first-order valence-electron chi connectivity index (χ1n) is 11.1. The van der Waals surface area contributed by atoms with E-state index in [2.05, 4.69) is 24.3 Å². The van der Waals surface area contributed by atoms with Crippen LogP contribution in [0.15, 0.2) is 18.3 Å². The number of nitrogens with two attached hydrogens (primary N) is 1. The highest BCUT2D eigenvalue weighted by molar-refractivity contribution is 5.91. The van der Waals surface area contributed by atoms with Crippen LogP contribution in [0.2, 0.25) is 0 Å². The van der Waals surface area contributed by atoms with Gasteiger partial charge < -0.3 is 14.2 Å². The van der Waals surface area contributed by atoms with Crippen LogP contribution in [0.1, 0.15) is 62.5 Å². The van der Waals surface area contributed by atoms with Gasteiger partial charge in [-0.05, 0) is 49.7 Å². The van der Waals surface area contributed by atoms with Crippen LogP contribution in [0.25, 0.3) is 0 Å². The first-order chi connectivity index (χ1) is 14.9. The molecule has 2 unspecified atom stereocenters. The highest BCUT2D eigenvalue weighted by atomic mass is 17.3. The maximum Gasteiger partial charge on any atom is 0.283 e. The number of ether oxygens (including phenoxy) is 3. The Morgan fingerprint density at radius 2 is 2.10 bits per heavy atom. The minimum Gasteiger partial charge on any atom is -0.348 e. The topological polar surface area (TPSA) is 114 Å². The molecule has 31 heavy (non-hydrogen) atoms. The summed E-state index contributed by atoms with van der Waals surface area (Å²) in [7, 11) is 0. The summed E-state index contributed by atoms with van der Waals surface area (Å²) in [4.78, 5) is 27.7. The van der Waals surface area contributed by atoms with Crippen molar-refractivity contribution < 1.29 is 28.8 Å². The van der Waals surface area contributed by atoms with Gasteiger partial charge in [-0.25, -0.2) is 15.6 Å². The average Bonchev–Trinajstić information content (AvgIpc) is 3.01. The number of fused-ring (bicyclic) bond motifs is 2. The fourth-order valence-electron chi connectivity index (χ4n) is 5.96. The normalized spacial score (nSPS) is 43.7. The van der Waals surface area contributed by atoms with E-state index in [-0.39, 0.29) is 17.5 Å². The van der Waals surface area contributed by atoms with Gasteiger partial charge in [0, 0.05) is 24.5 Å². The summed E-state index contributed by atoms with van der Waals surface area (Å²) < 4.78 is 18.9. The molecule has 5 fully saturated rings. The molecule has 1 saturated carbocycles. The van der Waals surface area contributed by atoms with E-state index >= 15 is 0 Å². The van der Waals surface area contributed by atoms with Crippen molar-refractivity contribution in [2.75, 3.05) is 0 Å². The van der Waals surface area contributed by atoms with E-state index in [9.17, 15) is 4.79 Å². The van der Waals surface area contributed by atoms with E-state index in [1.54, 1.807) is 18.3 Å². The summed E-state index contributed by atoms with van der Waals surface area (Å²) in [6.07, 6.45) is 4.60. The van der Waals surface area contributed by atoms with E-state index in [4.69, 9.17) is 29.8 Å². The third-order valence-electron chi connectivity index (χ3n) is 7.70. The monoisotopic (exact) mass is 433 g/mol. The molecule has 9 heteroatoms. The molecule has 5 heterocycles. The van der Waals surface area contributed by atoms with Crippen LogP contribution in [0.3, 0.4) is 0 Å². The highest BCUT2D eigenvalue weighted by Gasteiger charge is 2.69. The number of hydrogen-bond acceptors (Lipinski definition) is 8. The van der Waals surface area contributed by atoms with Crippen LogP contribution < -0.4 is 11.3 Å². The third-order valence-corrected chi connectivity index (χ3v) is 7.70. The summed E-state index contributed by atoms with van der Waals surface area (Å²) in [6, 6.07) is 3.42. The fourth-order valence-corrected chi connectivity index (χ4v) is 5.96. The third kappa shape index (κ3) is 3.39. The molecule has 0 aromatic carbocycles. The van der Waals surface area contributed by atoms with Gasteiger partial charge >= 0.3 is 0 Å². The summed E-state index contributed by atoms with van der Waals surface area (Å²) >= 11 is 0. The van der Waals surface area contributed by atoms with Gasteiger partial charge in [-0.2, -0.15) is 0 Å². The molecular formula is C22H31N3O6. The minimum atomic E-state index is -0.800. The Bertz CT molecular complexity index is 837. The number of rotatable bonds is 4. The zero-order valence-corrected chi connectivity index (χ0v) is 18.2. The van der Waals surface area contributed by atoms with Gasteiger partial charge in [0.05, 0.1) is 6.61 Å². The molecule has 170 valence electrons. The predicted octanol–water partition coefficient (Wildman–Crippen LogP) is 2.41. The second-order valence-corrected chi connectivity index (χ2v) is 9.61. The summed E-state index contributed by atoms with van der Waals surface area (Å²) in [5, 5.41) is 0. The molecule has 1 aromatic heterocycles.